The van der Waals surface area contributed by atoms with Crippen LogP contribution in [0.5, 0.6) is 0 Å². The highest BCUT2D eigenvalue weighted by atomic mass is 32.2. The predicted octanol–water partition coefficient (Wildman–Crippen LogP) is 0.350. The van der Waals surface area contributed by atoms with Crippen molar-refractivity contribution in [3.05, 3.63) is 12.7 Å². The predicted molar refractivity (Wildman–Crippen MR) is 64.5 cm³/mol. The maximum Gasteiger partial charge on any atom is 0.220 e. The van der Waals surface area contributed by atoms with Gasteiger partial charge in [-0.15, -0.1) is 6.58 Å². The van der Waals surface area contributed by atoms with Crippen molar-refractivity contribution < 1.29 is 13.2 Å². The first-order valence-electron chi connectivity index (χ1n) is 5.24. The van der Waals surface area contributed by atoms with E-state index in [1.807, 2.05) is 6.92 Å². The number of rotatable bonds is 8. The lowest BCUT2D eigenvalue weighted by Gasteiger charge is -2.18. The van der Waals surface area contributed by atoms with Crippen molar-refractivity contribution in [1.82, 2.24) is 9.62 Å². The number of hydrogen-bond acceptors (Lipinski definition) is 3. The fourth-order valence-electron chi connectivity index (χ4n) is 1.17. The molecule has 0 heterocycles. The smallest absolute Gasteiger partial charge is 0.220 e. The zero-order valence-electron chi connectivity index (χ0n) is 9.90. The first-order chi connectivity index (χ1) is 7.41. The first kappa shape index (κ1) is 15.1. The van der Waals surface area contributed by atoms with Crippen molar-refractivity contribution in [2.45, 2.75) is 19.8 Å². The van der Waals surface area contributed by atoms with E-state index in [1.54, 1.807) is 0 Å². The maximum atomic E-state index is 11.3. The molecule has 0 aliphatic heterocycles. The van der Waals surface area contributed by atoms with Gasteiger partial charge in [0.15, 0.2) is 0 Å². The van der Waals surface area contributed by atoms with Crippen molar-refractivity contribution in [3.8, 4) is 0 Å². The Morgan fingerprint density at radius 3 is 2.56 bits per heavy atom. The molecule has 0 aliphatic rings. The number of amides is 1. The lowest BCUT2D eigenvalue weighted by atomic mass is 10.3. The van der Waals surface area contributed by atoms with Crippen LogP contribution in [-0.4, -0.2) is 44.5 Å². The van der Waals surface area contributed by atoms with Crippen LogP contribution in [-0.2, 0) is 14.8 Å². The van der Waals surface area contributed by atoms with Gasteiger partial charge >= 0.3 is 0 Å². The van der Waals surface area contributed by atoms with Crippen LogP contribution in [0, 0.1) is 0 Å². The highest BCUT2D eigenvalue weighted by molar-refractivity contribution is 7.88. The van der Waals surface area contributed by atoms with Crippen LogP contribution >= 0.6 is 0 Å². The standard InChI is InChI=1S/C10H20N2O3S/c1-4-6-10(13)11-7-9-12(8-5-2)16(3,14)15/h5H,2,4,6-9H2,1,3H3,(H,11,13). The molecule has 16 heavy (non-hydrogen) atoms. The van der Waals surface area contributed by atoms with Crippen LogP contribution < -0.4 is 5.32 Å². The minimum atomic E-state index is -3.23. The Morgan fingerprint density at radius 2 is 2.12 bits per heavy atom. The van der Waals surface area contributed by atoms with Gasteiger partial charge in [0, 0.05) is 26.1 Å². The highest BCUT2D eigenvalue weighted by Crippen LogP contribution is 1.96. The minimum Gasteiger partial charge on any atom is -0.355 e. The summed E-state index contributed by atoms with van der Waals surface area (Å²) in [5, 5.41) is 2.67. The lowest BCUT2D eigenvalue weighted by molar-refractivity contribution is -0.121. The van der Waals surface area contributed by atoms with Gasteiger partial charge < -0.3 is 5.32 Å². The van der Waals surface area contributed by atoms with Gasteiger partial charge in [-0.05, 0) is 6.42 Å². The molecule has 0 aromatic carbocycles. The van der Waals surface area contributed by atoms with Gasteiger partial charge in [-0.3, -0.25) is 4.79 Å². The Bertz CT molecular complexity index is 325. The summed E-state index contributed by atoms with van der Waals surface area (Å²) >= 11 is 0. The van der Waals surface area contributed by atoms with E-state index < -0.39 is 10.0 Å². The largest absolute Gasteiger partial charge is 0.355 e. The molecule has 0 rings (SSSR count). The molecule has 0 radical (unpaired) electrons. The molecule has 0 saturated carbocycles. The molecular formula is C10H20N2O3S. The molecular weight excluding hydrogens is 228 g/mol. The molecule has 0 aromatic heterocycles. The summed E-state index contributed by atoms with van der Waals surface area (Å²) < 4.78 is 23.8. The van der Waals surface area contributed by atoms with Gasteiger partial charge in [0.2, 0.25) is 15.9 Å². The summed E-state index contributed by atoms with van der Waals surface area (Å²) in [4.78, 5) is 11.1. The highest BCUT2D eigenvalue weighted by Gasteiger charge is 2.14. The van der Waals surface area contributed by atoms with Crippen LogP contribution in [0.4, 0.5) is 0 Å². The molecule has 0 saturated heterocycles. The summed E-state index contributed by atoms with van der Waals surface area (Å²) in [7, 11) is -3.23. The average molecular weight is 248 g/mol. The molecule has 0 spiro atoms. The Labute approximate surface area is 97.6 Å². The maximum absolute atomic E-state index is 11.3. The van der Waals surface area contributed by atoms with Crippen LogP contribution in [0.25, 0.3) is 0 Å². The van der Waals surface area contributed by atoms with Gasteiger partial charge in [-0.1, -0.05) is 13.0 Å². The van der Waals surface area contributed by atoms with Crippen LogP contribution in [0.15, 0.2) is 12.7 Å². The molecule has 0 bridgehead atoms. The van der Waals surface area contributed by atoms with E-state index in [9.17, 15) is 13.2 Å². The molecule has 1 amide bonds. The van der Waals surface area contributed by atoms with Crippen molar-refractivity contribution in [2.24, 2.45) is 0 Å². The third kappa shape index (κ3) is 6.58. The van der Waals surface area contributed by atoms with E-state index in [-0.39, 0.29) is 19.0 Å². The monoisotopic (exact) mass is 248 g/mol. The van der Waals surface area contributed by atoms with Crippen molar-refractivity contribution >= 4 is 15.9 Å². The summed E-state index contributed by atoms with van der Waals surface area (Å²) in [5.41, 5.74) is 0. The quantitative estimate of drug-likeness (QED) is 0.630. The normalized spacial score (nSPS) is 11.4. The summed E-state index contributed by atoms with van der Waals surface area (Å²) in [6, 6.07) is 0. The van der Waals surface area contributed by atoms with Crippen LogP contribution in [0.1, 0.15) is 19.8 Å². The molecule has 0 unspecified atom stereocenters. The van der Waals surface area contributed by atoms with Crippen LogP contribution in [0.2, 0.25) is 0 Å². The molecule has 0 fully saturated rings. The number of nitrogens with zero attached hydrogens (tertiary/aromatic N) is 1. The zero-order chi connectivity index (χ0) is 12.6. The van der Waals surface area contributed by atoms with E-state index in [1.165, 1.54) is 10.4 Å². The number of nitrogens with one attached hydrogen (secondary N) is 1. The van der Waals surface area contributed by atoms with Gasteiger partial charge in [0.05, 0.1) is 6.26 Å². The number of carbonyl (C=O) groups excluding carboxylic acids is 1. The molecule has 94 valence electrons. The molecule has 1 N–H and O–H groups in total. The Hall–Kier alpha value is -0.880. The van der Waals surface area contributed by atoms with Crippen molar-refractivity contribution in [3.63, 3.8) is 0 Å². The number of sulfonamides is 1. The average Bonchev–Trinajstić information content (AvgIpc) is 2.15. The number of carbonyl (C=O) groups is 1. The third-order valence-corrected chi connectivity index (χ3v) is 3.23. The van der Waals surface area contributed by atoms with E-state index >= 15 is 0 Å². The minimum absolute atomic E-state index is 0.0467. The number of hydrogen-bond donors (Lipinski definition) is 1. The topological polar surface area (TPSA) is 66.5 Å². The van der Waals surface area contributed by atoms with Crippen molar-refractivity contribution in [2.75, 3.05) is 25.9 Å². The lowest BCUT2D eigenvalue weighted by Crippen LogP contribution is -2.38. The van der Waals surface area contributed by atoms with Gasteiger partial charge in [-0.2, -0.15) is 4.31 Å². The summed E-state index contributed by atoms with van der Waals surface area (Å²) in [6.45, 7) is 6.29. The second-order valence-electron chi connectivity index (χ2n) is 3.51. The molecule has 0 aromatic rings. The second kappa shape index (κ2) is 7.40. The second-order valence-corrected chi connectivity index (χ2v) is 5.49. The fraction of sp³-hybridized carbons (Fsp3) is 0.700. The Kier molecular flexibility index (Phi) is 7.00. The zero-order valence-corrected chi connectivity index (χ0v) is 10.7. The van der Waals surface area contributed by atoms with E-state index in [0.717, 1.165) is 12.7 Å². The first-order valence-corrected chi connectivity index (χ1v) is 7.09. The van der Waals surface area contributed by atoms with Gasteiger partial charge in [0.1, 0.15) is 0 Å². The Morgan fingerprint density at radius 1 is 1.50 bits per heavy atom. The van der Waals surface area contributed by atoms with E-state index in [4.69, 9.17) is 0 Å². The Balaban J connectivity index is 4.04. The third-order valence-electron chi connectivity index (χ3n) is 1.96. The molecule has 6 heteroatoms. The van der Waals surface area contributed by atoms with E-state index in [2.05, 4.69) is 11.9 Å². The molecule has 0 atom stereocenters. The molecule has 5 nitrogen and oxygen atoms in total. The fourth-order valence-corrected chi connectivity index (χ4v) is 1.97. The summed E-state index contributed by atoms with van der Waals surface area (Å²) in [5.74, 6) is -0.0467. The SMILES string of the molecule is C=CCN(CCNC(=O)CCC)S(C)(=O)=O. The molecule has 0 aliphatic carbocycles. The van der Waals surface area contributed by atoms with Gasteiger partial charge in [0.25, 0.3) is 0 Å². The van der Waals surface area contributed by atoms with Crippen molar-refractivity contribution in [1.29, 1.82) is 0 Å². The van der Waals surface area contributed by atoms with Crippen LogP contribution in [0.3, 0.4) is 0 Å². The van der Waals surface area contributed by atoms with E-state index in [0.29, 0.717) is 13.0 Å². The summed E-state index contributed by atoms with van der Waals surface area (Å²) in [6.07, 6.45) is 3.92. The van der Waals surface area contributed by atoms with Gasteiger partial charge in [-0.25, -0.2) is 8.42 Å².